The molecule has 136 valence electrons. The van der Waals surface area contributed by atoms with Crippen molar-refractivity contribution < 1.29 is 9.59 Å². The lowest BCUT2D eigenvalue weighted by Crippen LogP contribution is -2.29. The quantitative estimate of drug-likeness (QED) is 0.398. The van der Waals surface area contributed by atoms with Crippen molar-refractivity contribution in [3.63, 3.8) is 0 Å². The Bertz CT molecular complexity index is 1260. The molecule has 1 aliphatic heterocycles. The number of carbonyl (C=O) groups is 2. The smallest absolute Gasteiger partial charge is 0.266 e. The first kappa shape index (κ1) is 17.0. The third-order valence-corrected chi connectivity index (χ3v) is 5.62. The molecule has 1 aliphatic rings. The highest BCUT2D eigenvalue weighted by molar-refractivity contribution is 6.42. The summed E-state index contributed by atoms with van der Waals surface area (Å²) < 4.78 is 1.95. The molecule has 28 heavy (non-hydrogen) atoms. The minimum Gasteiger partial charge on any atom is -0.323 e. The number of nitrogens with zero attached hydrogens (tertiary/aromatic N) is 2. The minimum absolute atomic E-state index is 0.287. The van der Waals surface area contributed by atoms with Crippen LogP contribution in [0.5, 0.6) is 0 Å². The second-order valence-electron chi connectivity index (χ2n) is 6.57. The van der Waals surface area contributed by atoms with Crippen LogP contribution >= 0.6 is 23.2 Å². The molecule has 0 fully saturated rings. The first-order chi connectivity index (χ1) is 13.5. The Morgan fingerprint density at radius 3 is 1.96 bits per heavy atom. The van der Waals surface area contributed by atoms with E-state index in [1.165, 1.54) is 6.07 Å². The molecule has 0 N–H and O–H groups in total. The number of aromatic nitrogens is 1. The van der Waals surface area contributed by atoms with Gasteiger partial charge in [-0.2, -0.15) is 0 Å². The number of carbonyl (C=O) groups excluding carboxylic acids is 2. The van der Waals surface area contributed by atoms with Crippen LogP contribution in [0.3, 0.4) is 0 Å². The van der Waals surface area contributed by atoms with Crippen LogP contribution in [0.2, 0.25) is 10.0 Å². The molecule has 4 nitrogen and oxygen atoms in total. The maximum Gasteiger partial charge on any atom is 0.266 e. The summed E-state index contributed by atoms with van der Waals surface area (Å²) in [6.45, 7) is 0. The number of amides is 2. The third-order valence-electron chi connectivity index (χ3n) is 4.88. The van der Waals surface area contributed by atoms with E-state index in [2.05, 4.69) is 0 Å². The van der Waals surface area contributed by atoms with Gasteiger partial charge in [-0.3, -0.25) is 9.59 Å². The molecule has 0 atom stereocenters. The molecular weight excluding hydrogens is 395 g/mol. The number of hydrogen-bond acceptors (Lipinski definition) is 2. The molecule has 0 saturated heterocycles. The van der Waals surface area contributed by atoms with Gasteiger partial charge in [-0.25, -0.2) is 4.90 Å². The zero-order chi connectivity index (χ0) is 19.4. The monoisotopic (exact) mass is 406 g/mol. The van der Waals surface area contributed by atoms with Crippen molar-refractivity contribution in [2.24, 2.45) is 0 Å². The van der Waals surface area contributed by atoms with Crippen LogP contribution in [0.1, 0.15) is 20.7 Å². The van der Waals surface area contributed by atoms with Crippen molar-refractivity contribution in [1.82, 2.24) is 4.57 Å². The van der Waals surface area contributed by atoms with Crippen LogP contribution in [0.15, 0.2) is 73.1 Å². The number of imide groups is 1. The Hall–Kier alpha value is -3.08. The van der Waals surface area contributed by atoms with E-state index in [1.807, 2.05) is 47.3 Å². The normalized spacial score (nSPS) is 13.4. The highest BCUT2D eigenvalue weighted by Crippen LogP contribution is 2.33. The molecule has 6 heteroatoms. The Balaban J connectivity index is 1.58. The number of benzene rings is 3. The average molecular weight is 407 g/mol. The summed E-state index contributed by atoms with van der Waals surface area (Å²) in [7, 11) is 0. The summed E-state index contributed by atoms with van der Waals surface area (Å²) in [5, 5.41) is 2.85. The lowest BCUT2D eigenvalue weighted by molar-refractivity contribution is 0.0926. The van der Waals surface area contributed by atoms with Gasteiger partial charge in [-0.1, -0.05) is 47.5 Å². The fourth-order valence-corrected chi connectivity index (χ4v) is 3.77. The Kier molecular flexibility index (Phi) is 3.79. The van der Waals surface area contributed by atoms with Gasteiger partial charge in [0.05, 0.1) is 26.9 Å². The highest BCUT2D eigenvalue weighted by Gasteiger charge is 2.37. The standard InChI is InChI=1S/C22H12Cl2N2O2/c23-19-8-6-16(10-20(19)24)26-21(27)17-7-5-15(9-18(17)22(26)28)25-11-13-3-1-2-4-14(13)12-25/h1-12H. The topological polar surface area (TPSA) is 42.3 Å². The van der Waals surface area contributed by atoms with Gasteiger partial charge in [-0.15, -0.1) is 0 Å². The summed E-state index contributed by atoms with van der Waals surface area (Å²) in [5.74, 6) is -0.750. The molecule has 4 aromatic rings. The Labute approximate surface area is 170 Å². The summed E-state index contributed by atoms with van der Waals surface area (Å²) in [5.41, 5.74) is 1.95. The van der Waals surface area contributed by atoms with E-state index >= 15 is 0 Å². The number of fused-ring (bicyclic) bond motifs is 2. The van der Waals surface area contributed by atoms with E-state index in [4.69, 9.17) is 23.2 Å². The van der Waals surface area contributed by atoms with Crippen LogP contribution in [-0.4, -0.2) is 16.4 Å². The van der Waals surface area contributed by atoms with E-state index in [0.29, 0.717) is 21.8 Å². The zero-order valence-electron chi connectivity index (χ0n) is 14.4. The zero-order valence-corrected chi connectivity index (χ0v) is 15.9. The SMILES string of the molecule is O=C1c2ccc(-n3cc4ccccc4c3)cc2C(=O)N1c1ccc(Cl)c(Cl)c1. The Morgan fingerprint density at radius 2 is 1.29 bits per heavy atom. The van der Waals surface area contributed by atoms with Crippen molar-refractivity contribution in [2.45, 2.75) is 0 Å². The molecule has 0 spiro atoms. The molecule has 0 saturated carbocycles. The summed E-state index contributed by atoms with van der Waals surface area (Å²) in [6.07, 6.45) is 3.99. The van der Waals surface area contributed by atoms with E-state index in [1.54, 1.807) is 24.3 Å². The maximum absolute atomic E-state index is 13.0. The average Bonchev–Trinajstić information content (AvgIpc) is 3.24. The van der Waals surface area contributed by atoms with Gasteiger partial charge in [-0.05, 0) is 47.2 Å². The Morgan fingerprint density at radius 1 is 0.643 bits per heavy atom. The lowest BCUT2D eigenvalue weighted by Gasteiger charge is -2.14. The van der Waals surface area contributed by atoms with Crippen LogP contribution in [0, 0.1) is 0 Å². The van der Waals surface area contributed by atoms with Gasteiger partial charge in [0.25, 0.3) is 11.8 Å². The number of hydrogen-bond donors (Lipinski definition) is 0. The van der Waals surface area contributed by atoms with Crippen molar-refractivity contribution in [2.75, 3.05) is 4.90 Å². The maximum atomic E-state index is 13.0. The predicted molar refractivity (Wildman–Crippen MR) is 111 cm³/mol. The third kappa shape index (κ3) is 2.53. The van der Waals surface area contributed by atoms with Gasteiger partial charge in [0, 0.05) is 18.1 Å². The molecule has 0 radical (unpaired) electrons. The molecule has 2 heterocycles. The lowest BCUT2D eigenvalue weighted by atomic mass is 10.1. The second kappa shape index (κ2) is 6.23. The van der Waals surface area contributed by atoms with Gasteiger partial charge in [0.15, 0.2) is 0 Å². The first-order valence-electron chi connectivity index (χ1n) is 8.58. The van der Waals surface area contributed by atoms with Gasteiger partial charge in [0.1, 0.15) is 0 Å². The molecule has 0 aliphatic carbocycles. The number of anilines is 1. The molecule has 0 bridgehead atoms. The summed E-state index contributed by atoms with van der Waals surface area (Å²) in [4.78, 5) is 26.9. The van der Waals surface area contributed by atoms with Gasteiger partial charge in [0.2, 0.25) is 0 Å². The molecule has 2 amide bonds. The number of rotatable bonds is 2. The van der Waals surface area contributed by atoms with Crippen LogP contribution in [-0.2, 0) is 0 Å². The van der Waals surface area contributed by atoms with E-state index < -0.39 is 0 Å². The van der Waals surface area contributed by atoms with Crippen LogP contribution in [0.25, 0.3) is 16.5 Å². The minimum atomic E-state index is -0.378. The van der Waals surface area contributed by atoms with Crippen molar-refractivity contribution in [3.05, 3.63) is 94.2 Å². The molecule has 3 aromatic carbocycles. The highest BCUT2D eigenvalue weighted by atomic mass is 35.5. The van der Waals surface area contributed by atoms with Gasteiger partial charge < -0.3 is 4.57 Å². The van der Waals surface area contributed by atoms with Crippen molar-refractivity contribution >= 4 is 51.5 Å². The van der Waals surface area contributed by atoms with E-state index in [-0.39, 0.29) is 16.8 Å². The second-order valence-corrected chi connectivity index (χ2v) is 7.38. The first-order valence-corrected chi connectivity index (χ1v) is 9.33. The van der Waals surface area contributed by atoms with Crippen molar-refractivity contribution in [3.8, 4) is 5.69 Å². The van der Waals surface area contributed by atoms with E-state index in [9.17, 15) is 9.59 Å². The largest absolute Gasteiger partial charge is 0.323 e. The van der Waals surface area contributed by atoms with Gasteiger partial charge >= 0.3 is 0 Å². The predicted octanol–water partition coefficient (Wildman–Crippen LogP) is 5.74. The molecule has 0 unspecified atom stereocenters. The van der Waals surface area contributed by atoms with E-state index in [0.717, 1.165) is 21.4 Å². The fraction of sp³-hybridized carbons (Fsp3) is 0. The summed E-state index contributed by atoms with van der Waals surface area (Å²) in [6, 6.07) is 18.0. The summed E-state index contributed by atoms with van der Waals surface area (Å²) >= 11 is 12.0. The molecule has 5 rings (SSSR count). The number of halogens is 2. The fourth-order valence-electron chi connectivity index (χ4n) is 3.48. The molecular formula is C22H12Cl2N2O2. The molecule has 1 aromatic heterocycles. The van der Waals surface area contributed by atoms with Crippen LogP contribution < -0.4 is 4.90 Å². The van der Waals surface area contributed by atoms with Crippen molar-refractivity contribution in [1.29, 1.82) is 0 Å². The van der Waals surface area contributed by atoms with Crippen LogP contribution in [0.4, 0.5) is 5.69 Å².